The number of carbonyl (C=O) groups is 2. The average Bonchev–Trinajstić information content (AvgIpc) is 4.20. The zero-order valence-corrected chi connectivity index (χ0v) is 48.5. The fourth-order valence-electron chi connectivity index (χ4n) is 11.9. The summed E-state index contributed by atoms with van der Waals surface area (Å²) in [6.07, 6.45) is 13.7. The lowest BCUT2D eigenvalue weighted by molar-refractivity contribution is -0.139. The second-order valence-electron chi connectivity index (χ2n) is 22.1. The first-order valence-corrected chi connectivity index (χ1v) is 31.5. The molecule has 12 nitrogen and oxygen atoms in total. The van der Waals surface area contributed by atoms with E-state index in [-0.39, 0.29) is 30.6 Å². The van der Waals surface area contributed by atoms with Gasteiger partial charge in [-0.1, -0.05) is 70.4 Å². The number of pyridine rings is 2. The molecular formula is C66H80N6O6S2. The lowest BCUT2D eigenvalue weighted by Gasteiger charge is -2.36. The van der Waals surface area contributed by atoms with Gasteiger partial charge in [0.1, 0.15) is 11.5 Å². The number of hydrogen-bond acceptors (Lipinski definition) is 12. The highest BCUT2D eigenvalue weighted by Crippen LogP contribution is 2.33. The number of hydrogen-bond donors (Lipinski definition) is 0. The third kappa shape index (κ3) is 14.6. The number of ether oxygens (including phenoxy) is 2. The molecule has 14 heteroatoms. The maximum absolute atomic E-state index is 14.6. The van der Waals surface area contributed by atoms with E-state index in [0.29, 0.717) is 42.2 Å². The number of rotatable bonds is 30. The van der Waals surface area contributed by atoms with Crippen molar-refractivity contribution in [3.8, 4) is 11.5 Å². The first-order valence-electron chi connectivity index (χ1n) is 29.8. The largest absolute Gasteiger partial charge is 0.494 e. The minimum Gasteiger partial charge on any atom is -0.494 e. The van der Waals surface area contributed by atoms with Crippen molar-refractivity contribution in [2.45, 2.75) is 110 Å². The highest BCUT2D eigenvalue weighted by Gasteiger charge is 2.28. The van der Waals surface area contributed by atoms with Crippen LogP contribution in [0.1, 0.15) is 96.8 Å². The van der Waals surface area contributed by atoms with Gasteiger partial charge in [-0.05, 0) is 140 Å². The van der Waals surface area contributed by atoms with E-state index in [1.807, 2.05) is 36.4 Å². The summed E-state index contributed by atoms with van der Waals surface area (Å²) >= 11 is 3.59. The maximum atomic E-state index is 14.6. The van der Waals surface area contributed by atoms with Crippen LogP contribution in [-0.4, -0.2) is 109 Å². The van der Waals surface area contributed by atoms with Gasteiger partial charge in [-0.2, -0.15) is 0 Å². The molecule has 2 fully saturated rings. The number of Topliss-reactive ketones (excluding diaryl/α,β-unsaturated/α-hetero) is 2. The number of thiophene rings is 2. The Bertz CT molecular complexity index is 3240. The Morgan fingerprint density at radius 2 is 0.950 bits per heavy atom. The van der Waals surface area contributed by atoms with E-state index in [4.69, 9.17) is 9.47 Å². The molecule has 422 valence electrons. The molecule has 80 heavy (non-hydrogen) atoms. The Morgan fingerprint density at radius 1 is 0.500 bits per heavy atom. The molecule has 0 N–H and O–H groups in total. The van der Waals surface area contributed by atoms with Gasteiger partial charge in [-0.3, -0.25) is 29.0 Å². The highest BCUT2D eigenvalue weighted by molar-refractivity contribution is 7.17. The van der Waals surface area contributed by atoms with Gasteiger partial charge in [0, 0.05) is 128 Å². The number of nitrogens with zero attached hydrogens (tertiary/aromatic N) is 6. The van der Waals surface area contributed by atoms with Crippen LogP contribution in [0, 0.1) is 5.92 Å². The predicted octanol–water partition coefficient (Wildman–Crippen LogP) is 13.1. The number of piperazine rings is 2. The zero-order chi connectivity index (χ0) is 55.0. The molecule has 4 aromatic carbocycles. The summed E-state index contributed by atoms with van der Waals surface area (Å²) in [5.74, 6) is -0.726. The fourth-order valence-corrected chi connectivity index (χ4v) is 13.5. The molecule has 6 heterocycles. The van der Waals surface area contributed by atoms with E-state index in [9.17, 15) is 19.2 Å². The van der Waals surface area contributed by atoms with Gasteiger partial charge >= 0.3 is 0 Å². The molecule has 0 atom stereocenters. The van der Waals surface area contributed by atoms with E-state index < -0.39 is 17.5 Å². The van der Waals surface area contributed by atoms with Crippen molar-refractivity contribution >= 4 is 87.6 Å². The minimum absolute atomic E-state index is 0.0730. The van der Waals surface area contributed by atoms with Crippen LogP contribution in [0.3, 0.4) is 0 Å². The summed E-state index contributed by atoms with van der Waals surface area (Å²) in [5, 5.41) is 8.66. The Labute approximate surface area is 479 Å². The second-order valence-corrected chi connectivity index (χ2v) is 24.0. The van der Waals surface area contributed by atoms with Crippen molar-refractivity contribution < 1.29 is 19.1 Å². The van der Waals surface area contributed by atoms with Gasteiger partial charge in [0.2, 0.25) is 5.78 Å². The molecule has 10 rings (SSSR count). The molecule has 2 aliphatic heterocycles. The second kappa shape index (κ2) is 28.4. The van der Waals surface area contributed by atoms with Crippen molar-refractivity contribution in [1.82, 2.24) is 18.9 Å². The van der Waals surface area contributed by atoms with Crippen molar-refractivity contribution in [2.75, 3.05) is 88.5 Å². The van der Waals surface area contributed by atoms with E-state index in [1.165, 1.54) is 75.8 Å². The fraction of sp³-hybridized carbons (Fsp3) is 0.455. The van der Waals surface area contributed by atoms with Crippen LogP contribution in [0.5, 0.6) is 11.5 Å². The summed E-state index contributed by atoms with van der Waals surface area (Å²) in [6, 6.07) is 35.7. The monoisotopic (exact) mass is 1120 g/mol. The Kier molecular flexibility index (Phi) is 20.2. The maximum Gasteiger partial charge on any atom is 0.251 e. The number of fused-ring (bicyclic) bond motifs is 4. The summed E-state index contributed by atoms with van der Waals surface area (Å²) in [6.45, 7) is 13.3. The molecule has 0 aliphatic carbocycles. The standard InChI is InChI=1S/C66H80N6O6S2/c1-2-3-4-5-6-7-8-9-10-19-61(73)66(76)52(48-71-59-46-53(26-22-50(59)24-28-64(71)74)77-42-13-11-32-67-34-38-69(39-35-67)57-17-15-20-62-55(57)30-44-79-62)49-72-60-47-54(27-23-51(60)25-29-65(72)75)78-43-14-12-33-68-36-40-70(41-37-68)58-18-16-21-63-56(58)31-45-80-63/h15-18,20-31,44-47,52H,2-14,19,32-43,48-49H2,1H3. The number of aromatic nitrogens is 2. The molecule has 4 aromatic heterocycles. The number of carbonyl (C=O) groups excluding carboxylic acids is 2. The Balaban J connectivity index is 0.769. The molecular weight excluding hydrogens is 1040 g/mol. The summed E-state index contributed by atoms with van der Waals surface area (Å²) in [4.78, 5) is 66.6. The van der Waals surface area contributed by atoms with Crippen molar-refractivity contribution in [3.63, 3.8) is 0 Å². The van der Waals surface area contributed by atoms with Crippen molar-refractivity contribution in [2.24, 2.45) is 5.92 Å². The lowest BCUT2D eigenvalue weighted by Crippen LogP contribution is -2.46. The SMILES string of the molecule is CCCCCCCCCCCC(=O)C(=O)C(Cn1c(=O)ccc2ccc(OCCCCN3CCN(c4cccc5sccc45)CC3)cc21)Cn1c(=O)ccc2ccc(OCCCCN3CCN(c4cccc5sccc45)CC3)cc21. The predicted molar refractivity (Wildman–Crippen MR) is 332 cm³/mol. The zero-order valence-electron chi connectivity index (χ0n) is 46.9. The van der Waals surface area contributed by atoms with Gasteiger partial charge in [0.15, 0.2) is 5.78 Å². The molecule has 0 radical (unpaired) electrons. The van der Waals surface area contributed by atoms with E-state index in [0.717, 1.165) is 121 Å². The third-order valence-corrected chi connectivity index (χ3v) is 18.3. The highest BCUT2D eigenvalue weighted by atomic mass is 32.1. The van der Waals surface area contributed by atoms with Crippen LogP contribution in [-0.2, 0) is 22.7 Å². The van der Waals surface area contributed by atoms with Gasteiger partial charge < -0.3 is 28.4 Å². The number of unbranched alkanes of at least 4 members (excludes halogenated alkanes) is 10. The van der Waals surface area contributed by atoms with Gasteiger partial charge in [-0.25, -0.2) is 0 Å². The minimum atomic E-state index is -0.987. The van der Waals surface area contributed by atoms with Crippen LogP contribution in [0.15, 0.2) is 130 Å². The molecule has 0 spiro atoms. The Hall–Kier alpha value is -6.32. The van der Waals surface area contributed by atoms with E-state index in [1.54, 1.807) is 43.9 Å². The average molecular weight is 1120 g/mol. The molecule has 0 unspecified atom stereocenters. The van der Waals surface area contributed by atoms with Crippen LogP contribution in [0.2, 0.25) is 0 Å². The van der Waals surface area contributed by atoms with Crippen LogP contribution in [0.25, 0.3) is 42.0 Å². The summed E-state index contributed by atoms with van der Waals surface area (Å²) in [7, 11) is 0. The first kappa shape index (κ1) is 56.9. The smallest absolute Gasteiger partial charge is 0.251 e. The number of benzene rings is 4. The lowest BCUT2D eigenvalue weighted by atomic mass is 9.96. The molecule has 0 saturated carbocycles. The van der Waals surface area contributed by atoms with Crippen LogP contribution < -0.4 is 30.4 Å². The van der Waals surface area contributed by atoms with E-state index >= 15 is 0 Å². The molecule has 0 bridgehead atoms. The van der Waals surface area contributed by atoms with Gasteiger partial charge in [0.25, 0.3) is 11.1 Å². The van der Waals surface area contributed by atoms with Crippen LogP contribution >= 0.6 is 22.7 Å². The van der Waals surface area contributed by atoms with Crippen molar-refractivity contribution in [1.29, 1.82) is 0 Å². The quantitative estimate of drug-likeness (QED) is 0.0319. The van der Waals surface area contributed by atoms with Gasteiger partial charge in [-0.15, -0.1) is 22.7 Å². The molecule has 2 saturated heterocycles. The first-order chi connectivity index (χ1) is 39.3. The number of ketones is 2. The third-order valence-electron chi connectivity index (χ3n) is 16.5. The summed E-state index contributed by atoms with van der Waals surface area (Å²) < 4.78 is 18.5. The molecule has 0 amide bonds. The summed E-state index contributed by atoms with van der Waals surface area (Å²) in [5.41, 5.74) is 3.32. The normalized spacial score (nSPS) is 14.6. The topological polar surface area (TPSA) is 110 Å². The number of anilines is 2. The van der Waals surface area contributed by atoms with E-state index in [2.05, 4.69) is 85.8 Å². The van der Waals surface area contributed by atoms with Crippen LogP contribution in [0.4, 0.5) is 11.4 Å². The Morgan fingerprint density at radius 3 is 1.43 bits per heavy atom. The van der Waals surface area contributed by atoms with Crippen molar-refractivity contribution in [3.05, 3.63) is 141 Å². The molecule has 8 aromatic rings. The molecule has 2 aliphatic rings. The van der Waals surface area contributed by atoms with Gasteiger partial charge in [0.05, 0.1) is 30.2 Å².